The Kier molecular flexibility index (Phi) is 5.95. The number of thiocarbonyl (C=S) groups is 1. The van der Waals surface area contributed by atoms with Crippen molar-refractivity contribution in [2.75, 3.05) is 0 Å². The first-order valence-corrected chi connectivity index (χ1v) is 6.40. The summed E-state index contributed by atoms with van der Waals surface area (Å²) < 4.78 is 0. The standard InChI is InChI=1S/C13H17N3O2S/c1-3-5-11(17)15-16-13(19)14-12(18)10-7-4-6-9(2)8-10/h4,6-8H,3,5H2,1-2H3,(H,15,17)(H2,14,16,18,19). The molecule has 0 heterocycles. The molecule has 0 atom stereocenters. The molecule has 0 aliphatic heterocycles. The number of amides is 2. The van der Waals surface area contributed by atoms with Gasteiger partial charge in [-0.2, -0.15) is 0 Å². The van der Waals surface area contributed by atoms with Crippen molar-refractivity contribution in [1.82, 2.24) is 16.2 Å². The fourth-order valence-electron chi connectivity index (χ4n) is 1.41. The summed E-state index contributed by atoms with van der Waals surface area (Å²) in [6.07, 6.45) is 1.15. The van der Waals surface area contributed by atoms with Crippen LogP contribution < -0.4 is 16.2 Å². The highest BCUT2D eigenvalue weighted by Crippen LogP contribution is 2.03. The van der Waals surface area contributed by atoms with Crippen molar-refractivity contribution in [1.29, 1.82) is 0 Å². The number of nitrogens with one attached hydrogen (secondary N) is 3. The van der Waals surface area contributed by atoms with Gasteiger partial charge in [0.05, 0.1) is 0 Å². The maximum atomic E-state index is 11.8. The molecular weight excluding hydrogens is 262 g/mol. The number of hydrogen-bond donors (Lipinski definition) is 3. The van der Waals surface area contributed by atoms with Crippen LogP contribution in [0.4, 0.5) is 0 Å². The van der Waals surface area contributed by atoms with Crippen molar-refractivity contribution < 1.29 is 9.59 Å². The smallest absolute Gasteiger partial charge is 0.257 e. The van der Waals surface area contributed by atoms with E-state index >= 15 is 0 Å². The number of hydrogen-bond acceptors (Lipinski definition) is 3. The summed E-state index contributed by atoms with van der Waals surface area (Å²) in [5.41, 5.74) is 6.40. The zero-order valence-electron chi connectivity index (χ0n) is 10.9. The lowest BCUT2D eigenvalue weighted by atomic mass is 10.1. The normalized spacial score (nSPS) is 9.58. The van der Waals surface area contributed by atoms with Gasteiger partial charge < -0.3 is 0 Å². The molecule has 5 nitrogen and oxygen atoms in total. The summed E-state index contributed by atoms with van der Waals surface area (Å²) in [6, 6.07) is 7.15. The minimum atomic E-state index is -0.314. The molecule has 0 saturated heterocycles. The Bertz CT molecular complexity index is 489. The van der Waals surface area contributed by atoms with Crippen molar-refractivity contribution in [3.05, 3.63) is 35.4 Å². The van der Waals surface area contributed by atoms with Gasteiger partial charge in [0.2, 0.25) is 5.91 Å². The molecule has 0 radical (unpaired) electrons. The highest BCUT2D eigenvalue weighted by Gasteiger charge is 2.08. The van der Waals surface area contributed by atoms with Gasteiger partial charge in [-0.1, -0.05) is 24.6 Å². The Labute approximate surface area is 117 Å². The van der Waals surface area contributed by atoms with Crippen molar-refractivity contribution in [2.45, 2.75) is 26.7 Å². The van der Waals surface area contributed by atoms with E-state index in [1.54, 1.807) is 18.2 Å². The average Bonchev–Trinajstić information content (AvgIpc) is 2.36. The molecule has 19 heavy (non-hydrogen) atoms. The summed E-state index contributed by atoms with van der Waals surface area (Å²) >= 11 is 4.91. The Morgan fingerprint density at radius 2 is 2.00 bits per heavy atom. The minimum absolute atomic E-state index is 0.0657. The number of aryl methyl sites for hydroxylation is 1. The van der Waals surface area contributed by atoms with E-state index in [9.17, 15) is 9.59 Å². The van der Waals surface area contributed by atoms with Gasteiger partial charge >= 0.3 is 0 Å². The molecule has 3 N–H and O–H groups in total. The maximum Gasteiger partial charge on any atom is 0.257 e. The van der Waals surface area contributed by atoms with Crippen LogP contribution in [0.25, 0.3) is 0 Å². The lowest BCUT2D eigenvalue weighted by Crippen LogP contribution is -2.48. The Morgan fingerprint density at radius 1 is 1.26 bits per heavy atom. The zero-order valence-corrected chi connectivity index (χ0v) is 11.8. The van der Waals surface area contributed by atoms with Crippen molar-refractivity contribution >= 4 is 29.1 Å². The summed E-state index contributed by atoms with van der Waals surface area (Å²) in [5.74, 6) is -0.486. The molecular formula is C13H17N3O2S. The van der Waals surface area contributed by atoms with E-state index in [1.165, 1.54) is 0 Å². The molecule has 0 aliphatic rings. The predicted molar refractivity (Wildman–Crippen MR) is 77.4 cm³/mol. The number of rotatable bonds is 3. The molecule has 0 bridgehead atoms. The first-order chi connectivity index (χ1) is 9.02. The summed E-state index contributed by atoms with van der Waals surface area (Å²) in [5, 5.41) is 2.55. The van der Waals surface area contributed by atoms with Crippen LogP contribution in [0.5, 0.6) is 0 Å². The molecule has 1 rings (SSSR count). The van der Waals surface area contributed by atoms with Crippen LogP contribution in [0.1, 0.15) is 35.7 Å². The monoisotopic (exact) mass is 279 g/mol. The lowest BCUT2D eigenvalue weighted by Gasteiger charge is -2.10. The summed E-state index contributed by atoms with van der Waals surface area (Å²) in [7, 11) is 0. The van der Waals surface area contributed by atoms with Crippen LogP contribution in [-0.4, -0.2) is 16.9 Å². The second kappa shape index (κ2) is 7.48. The van der Waals surface area contributed by atoms with Gasteiger partial charge in [0.15, 0.2) is 5.11 Å². The molecule has 2 amide bonds. The van der Waals surface area contributed by atoms with Gasteiger partial charge in [-0.3, -0.25) is 25.8 Å². The van der Waals surface area contributed by atoms with Gasteiger partial charge in [-0.25, -0.2) is 0 Å². The Morgan fingerprint density at radius 3 is 2.63 bits per heavy atom. The second-order valence-electron chi connectivity index (χ2n) is 4.08. The molecule has 0 aromatic heterocycles. The summed E-state index contributed by atoms with van der Waals surface area (Å²) in [6.45, 7) is 3.80. The quantitative estimate of drug-likeness (QED) is 0.578. The van der Waals surface area contributed by atoms with Gasteiger partial charge in [0.1, 0.15) is 0 Å². The predicted octanol–water partition coefficient (Wildman–Crippen LogP) is 1.43. The summed E-state index contributed by atoms with van der Waals surface area (Å²) in [4.78, 5) is 23.0. The number of benzene rings is 1. The van der Waals surface area contributed by atoms with E-state index in [4.69, 9.17) is 12.2 Å². The van der Waals surface area contributed by atoms with E-state index in [1.807, 2.05) is 19.9 Å². The van der Waals surface area contributed by atoms with Crippen LogP contribution in [0, 0.1) is 6.92 Å². The molecule has 0 spiro atoms. The lowest BCUT2D eigenvalue weighted by molar-refractivity contribution is -0.121. The SMILES string of the molecule is CCCC(=O)NNC(=S)NC(=O)c1cccc(C)c1. The largest absolute Gasteiger partial charge is 0.298 e. The maximum absolute atomic E-state index is 11.8. The topological polar surface area (TPSA) is 70.2 Å². The molecule has 102 valence electrons. The van der Waals surface area contributed by atoms with Crippen LogP contribution in [0.15, 0.2) is 24.3 Å². The Balaban J connectivity index is 2.44. The highest BCUT2D eigenvalue weighted by molar-refractivity contribution is 7.80. The van der Waals surface area contributed by atoms with E-state index in [-0.39, 0.29) is 16.9 Å². The van der Waals surface area contributed by atoms with Gasteiger partial charge in [0.25, 0.3) is 5.91 Å². The highest BCUT2D eigenvalue weighted by atomic mass is 32.1. The Hall–Kier alpha value is -1.95. The van der Waals surface area contributed by atoms with Crippen LogP contribution in [0.2, 0.25) is 0 Å². The molecule has 0 unspecified atom stereocenters. The molecule has 0 fully saturated rings. The van der Waals surface area contributed by atoms with Gasteiger partial charge in [-0.15, -0.1) is 0 Å². The fraction of sp³-hybridized carbons (Fsp3) is 0.308. The van der Waals surface area contributed by atoms with Crippen LogP contribution in [-0.2, 0) is 4.79 Å². The van der Waals surface area contributed by atoms with Crippen molar-refractivity contribution in [3.8, 4) is 0 Å². The molecule has 0 aliphatic carbocycles. The third kappa shape index (κ3) is 5.48. The zero-order chi connectivity index (χ0) is 14.3. The van der Waals surface area contributed by atoms with Crippen molar-refractivity contribution in [3.63, 3.8) is 0 Å². The van der Waals surface area contributed by atoms with E-state index in [0.717, 1.165) is 12.0 Å². The first kappa shape index (κ1) is 15.1. The number of hydrazine groups is 1. The van der Waals surface area contributed by atoms with E-state index in [2.05, 4.69) is 16.2 Å². The van der Waals surface area contributed by atoms with Crippen LogP contribution >= 0.6 is 12.2 Å². The molecule has 0 saturated carbocycles. The fourth-order valence-corrected chi connectivity index (χ4v) is 1.55. The van der Waals surface area contributed by atoms with Crippen LogP contribution in [0.3, 0.4) is 0 Å². The number of carbonyl (C=O) groups excluding carboxylic acids is 2. The second-order valence-corrected chi connectivity index (χ2v) is 4.48. The third-order valence-electron chi connectivity index (χ3n) is 2.30. The average molecular weight is 279 g/mol. The van der Waals surface area contributed by atoms with Crippen molar-refractivity contribution in [2.24, 2.45) is 0 Å². The van der Waals surface area contributed by atoms with E-state index < -0.39 is 0 Å². The molecule has 6 heteroatoms. The van der Waals surface area contributed by atoms with Gasteiger partial charge in [0, 0.05) is 12.0 Å². The first-order valence-electron chi connectivity index (χ1n) is 5.99. The number of carbonyl (C=O) groups is 2. The minimum Gasteiger partial charge on any atom is -0.298 e. The molecule has 1 aromatic rings. The molecule has 1 aromatic carbocycles. The van der Waals surface area contributed by atoms with E-state index in [0.29, 0.717) is 12.0 Å². The third-order valence-corrected chi connectivity index (χ3v) is 2.50. The van der Waals surface area contributed by atoms with Gasteiger partial charge in [-0.05, 0) is 37.7 Å².